The third-order valence-electron chi connectivity index (χ3n) is 1.66. The van der Waals surface area contributed by atoms with Crippen molar-refractivity contribution in [1.82, 2.24) is 0 Å². The highest BCUT2D eigenvalue weighted by Crippen LogP contribution is 2.11. The highest BCUT2D eigenvalue weighted by atomic mass is 16.1. The minimum Gasteiger partial charge on any atom is -0.298 e. The van der Waals surface area contributed by atoms with Gasteiger partial charge in [0.05, 0.1) is 0 Å². The Morgan fingerprint density at radius 1 is 1.33 bits per heavy atom. The van der Waals surface area contributed by atoms with Gasteiger partial charge in [-0.3, -0.25) is 4.79 Å². The lowest BCUT2D eigenvalue weighted by atomic mass is 10.1. The molecule has 0 atom stereocenters. The molecule has 0 bridgehead atoms. The van der Waals surface area contributed by atoms with E-state index in [4.69, 9.17) is 0 Å². The van der Waals surface area contributed by atoms with Crippen LogP contribution >= 0.6 is 0 Å². The van der Waals surface area contributed by atoms with Gasteiger partial charge in [-0.1, -0.05) is 43.3 Å². The van der Waals surface area contributed by atoms with Crippen molar-refractivity contribution in [3.8, 4) is 0 Å². The van der Waals surface area contributed by atoms with Crippen LogP contribution in [-0.2, 0) is 4.79 Å². The van der Waals surface area contributed by atoms with Gasteiger partial charge in [0, 0.05) is 5.57 Å². The van der Waals surface area contributed by atoms with Crippen LogP contribution < -0.4 is 0 Å². The first kappa shape index (κ1) is 8.72. The number of carbonyl (C=O) groups excluding carboxylic acids is 1. The summed E-state index contributed by atoms with van der Waals surface area (Å²) in [6.45, 7) is 2.02. The molecule has 1 heteroatoms. The van der Waals surface area contributed by atoms with E-state index in [0.29, 0.717) is 0 Å². The van der Waals surface area contributed by atoms with E-state index in [0.717, 1.165) is 23.8 Å². The molecule has 0 amide bonds. The molecule has 0 saturated carbocycles. The molecular formula is C11H12O. The minimum absolute atomic E-state index is 0.776. The monoisotopic (exact) mass is 160 g/mol. The molecule has 1 rings (SSSR count). The zero-order chi connectivity index (χ0) is 8.81. The summed E-state index contributed by atoms with van der Waals surface area (Å²) < 4.78 is 0. The summed E-state index contributed by atoms with van der Waals surface area (Å²) in [6, 6.07) is 9.69. The summed E-state index contributed by atoms with van der Waals surface area (Å²) in [5, 5.41) is 0. The molecule has 0 fully saturated rings. The van der Waals surface area contributed by atoms with Crippen LogP contribution in [0.4, 0.5) is 0 Å². The van der Waals surface area contributed by atoms with E-state index in [-0.39, 0.29) is 0 Å². The number of benzene rings is 1. The van der Waals surface area contributed by atoms with Crippen LogP contribution in [-0.4, -0.2) is 6.29 Å². The molecule has 0 aliphatic carbocycles. The fourth-order valence-corrected chi connectivity index (χ4v) is 1.08. The molecule has 0 aromatic heterocycles. The Bertz CT molecular complexity index is 272. The molecule has 1 aromatic rings. The van der Waals surface area contributed by atoms with Crippen LogP contribution in [0.3, 0.4) is 0 Å². The summed E-state index contributed by atoms with van der Waals surface area (Å²) in [5.74, 6) is 0. The van der Waals surface area contributed by atoms with Gasteiger partial charge in [0.2, 0.25) is 0 Å². The Morgan fingerprint density at radius 3 is 2.50 bits per heavy atom. The number of allylic oxidation sites excluding steroid dienone is 2. The normalized spacial score (nSPS) is 11.2. The fraction of sp³-hybridized carbons (Fsp3) is 0.182. The van der Waals surface area contributed by atoms with Gasteiger partial charge < -0.3 is 0 Å². The Kier molecular flexibility index (Phi) is 3.27. The summed E-state index contributed by atoms with van der Waals surface area (Å²) in [6.07, 6.45) is 3.73. The van der Waals surface area contributed by atoms with Gasteiger partial charge in [-0.05, 0) is 12.0 Å². The van der Waals surface area contributed by atoms with E-state index >= 15 is 0 Å². The summed E-state index contributed by atoms with van der Waals surface area (Å²) in [5.41, 5.74) is 1.77. The van der Waals surface area contributed by atoms with E-state index in [1.54, 1.807) is 0 Å². The molecule has 62 valence electrons. The van der Waals surface area contributed by atoms with Crippen LogP contribution in [0.2, 0.25) is 0 Å². The summed E-state index contributed by atoms with van der Waals surface area (Å²) >= 11 is 0. The quantitative estimate of drug-likeness (QED) is 0.490. The van der Waals surface area contributed by atoms with Crippen LogP contribution in [0, 0.1) is 0 Å². The van der Waals surface area contributed by atoms with Crippen molar-refractivity contribution in [3.63, 3.8) is 0 Å². The van der Waals surface area contributed by atoms with Gasteiger partial charge >= 0.3 is 0 Å². The number of hydrogen-bond donors (Lipinski definition) is 0. The third kappa shape index (κ3) is 2.06. The van der Waals surface area contributed by atoms with Crippen LogP contribution in [0.1, 0.15) is 18.9 Å². The van der Waals surface area contributed by atoms with Gasteiger partial charge in [0.1, 0.15) is 6.29 Å². The molecule has 1 nitrogen and oxygen atoms in total. The van der Waals surface area contributed by atoms with Crippen molar-refractivity contribution in [1.29, 1.82) is 0 Å². The number of hydrogen-bond acceptors (Lipinski definition) is 1. The average molecular weight is 160 g/mol. The predicted molar refractivity (Wildman–Crippen MR) is 50.8 cm³/mol. The maximum atomic E-state index is 10.6. The van der Waals surface area contributed by atoms with Crippen molar-refractivity contribution in [2.45, 2.75) is 13.3 Å². The maximum absolute atomic E-state index is 10.6. The molecule has 0 N–H and O–H groups in total. The zero-order valence-electron chi connectivity index (χ0n) is 7.16. The van der Waals surface area contributed by atoms with Crippen LogP contribution in [0.5, 0.6) is 0 Å². The lowest BCUT2D eigenvalue weighted by Gasteiger charge is -1.97. The van der Waals surface area contributed by atoms with Crippen LogP contribution in [0.15, 0.2) is 36.4 Å². The smallest absolute Gasteiger partial charge is 0.150 e. The summed E-state index contributed by atoms with van der Waals surface area (Å²) in [7, 11) is 0. The van der Waals surface area contributed by atoms with Crippen molar-refractivity contribution in [2.75, 3.05) is 0 Å². The Labute approximate surface area is 72.7 Å². The Hall–Kier alpha value is -1.37. The second kappa shape index (κ2) is 4.50. The first-order valence-corrected chi connectivity index (χ1v) is 4.09. The molecule has 0 aliphatic heterocycles. The fourth-order valence-electron chi connectivity index (χ4n) is 1.08. The molecular weight excluding hydrogens is 148 g/mol. The third-order valence-corrected chi connectivity index (χ3v) is 1.66. The average Bonchev–Trinajstić information content (AvgIpc) is 2.15. The lowest BCUT2D eigenvalue weighted by molar-refractivity contribution is -0.103. The topological polar surface area (TPSA) is 17.1 Å². The standard InChI is InChI=1S/C11H12O/c1-2-6-11(9-12)10-7-4-3-5-8-10/h3-9H,2H2,1H3/b11-6-. The highest BCUT2D eigenvalue weighted by Gasteiger charge is 1.95. The first-order valence-electron chi connectivity index (χ1n) is 4.09. The predicted octanol–water partition coefficient (Wildman–Crippen LogP) is 2.68. The van der Waals surface area contributed by atoms with E-state index < -0.39 is 0 Å². The molecule has 0 spiro atoms. The zero-order valence-corrected chi connectivity index (χ0v) is 7.16. The maximum Gasteiger partial charge on any atom is 0.150 e. The Morgan fingerprint density at radius 2 is 2.00 bits per heavy atom. The van der Waals surface area contributed by atoms with Crippen molar-refractivity contribution < 1.29 is 4.79 Å². The van der Waals surface area contributed by atoms with Crippen molar-refractivity contribution >= 4 is 11.9 Å². The second-order valence-electron chi connectivity index (χ2n) is 2.55. The molecule has 0 unspecified atom stereocenters. The molecule has 0 saturated heterocycles. The van der Waals surface area contributed by atoms with E-state index in [1.165, 1.54) is 0 Å². The minimum atomic E-state index is 0.776. The van der Waals surface area contributed by atoms with E-state index in [2.05, 4.69) is 0 Å². The SMILES string of the molecule is CC/C=C(/C=O)c1ccccc1. The van der Waals surface area contributed by atoms with Crippen molar-refractivity contribution in [3.05, 3.63) is 42.0 Å². The number of rotatable bonds is 3. The van der Waals surface area contributed by atoms with Crippen molar-refractivity contribution in [2.24, 2.45) is 0 Å². The molecule has 0 heterocycles. The van der Waals surface area contributed by atoms with E-state index in [1.807, 2.05) is 43.3 Å². The second-order valence-corrected chi connectivity index (χ2v) is 2.55. The van der Waals surface area contributed by atoms with Gasteiger partial charge in [0.25, 0.3) is 0 Å². The number of carbonyl (C=O) groups is 1. The van der Waals surface area contributed by atoms with Gasteiger partial charge in [-0.25, -0.2) is 0 Å². The largest absolute Gasteiger partial charge is 0.298 e. The van der Waals surface area contributed by atoms with Crippen LogP contribution in [0.25, 0.3) is 5.57 Å². The van der Waals surface area contributed by atoms with E-state index in [9.17, 15) is 4.79 Å². The molecule has 0 aliphatic rings. The van der Waals surface area contributed by atoms with Gasteiger partial charge in [0.15, 0.2) is 0 Å². The molecule has 1 aromatic carbocycles. The number of aldehydes is 1. The highest BCUT2D eigenvalue weighted by molar-refractivity contribution is 6.06. The van der Waals surface area contributed by atoms with Gasteiger partial charge in [-0.15, -0.1) is 0 Å². The molecule has 0 radical (unpaired) electrons. The Balaban J connectivity index is 2.96. The first-order chi connectivity index (χ1) is 5.88. The van der Waals surface area contributed by atoms with Gasteiger partial charge in [-0.2, -0.15) is 0 Å². The molecule has 12 heavy (non-hydrogen) atoms. The summed E-state index contributed by atoms with van der Waals surface area (Å²) in [4.78, 5) is 10.6. The lowest BCUT2D eigenvalue weighted by Crippen LogP contribution is -1.84.